The maximum atomic E-state index is 11.2. The van der Waals surface area contributed by atoms with E-state index in [1.807, 2.05) is 56.3 Å². The third kappa shape index (κ3) is 4.07. The summed E-state index contributed by atoms with van der Waals surface area (Å²) in [6.45, 7) is 4.59. The SMILES string of the molecule is Cc1cccc(C)c1OCc1ccc(CC(=O)NN)cc1. The van der Waals surface area contributed by atoms with Crippen LogP contribution in [0.15, 0.2) is 42.5 Å². The topological polar surface area (TPSA) is 64.3 Å². The van der Waals surface area contributed by atoms with E-state index in [9.17, 15) is 4.79 Å². The lowest BCUT2D eigenvalue weighted by Crippen LogP contribution is -2.31. The lowest BCUT2D eigenvalue weighted by atomic mass is 10.1. The van der Waals surface area contributed by atoms with E-state index in [0.717, 1.165) is 28.0 Å². The summed E-state index contributed by atoms with van der Waals surface area (Å²) in [6.07, 6.45) is 0.286. The summed E-state index contributed by atoms with van der Waals surface area (Å²) in [6, 6.07) is 13.9. The van der Waals surface area contributed by atoms with Gasteiger partial charge in [0.05, 0.1) is 6.42 Å². The van der Waals surface area contributed by atoms with Crippen molar-refractivity contribution in [1.29, 1.82) is 0 Å². The second-order valence-electron chi connectivity index (χ2n) is 5.07. The zero-order chi connectivity index (χ0) is 15.2. The lowest BCUT2D eigenvalue weighted by Gasteiger charge is -2.12. The first-order valence-corrected chi connectivity index (χ1v) is 6.86. The Morgan fingerprint density at radius 2 is 1.62 bits per heavy atom. The van der Waals surface area contributed by atoms with Crippen LogP contribution in [0.3, 0.4) is 0 Å². The fourth-order valence-corrected chi connectivity index (χ4v) is 2.17. The molecular formula is C17H20N2O2. The Kier molecular flexibility index (Phi) is 4.95. The molecule has 110 valence electrons. The standard InChI is InChI=1S/C17H20N2O2/c1-12-4-3-5-13(2)17(12)21-11-15-8-6-14(7-9-15)10-16(20)19-18/h3-9H,10-11,18H2,1-2H3,(H,19,20). The minimum Gasteiger partial charge on any atom is -0.488 e. The van der Waals surface area contributed by atoms with Crippen molar-refractivity contribution < 1.29 is 9.53 Å². The van der Waals surface area contributed by atoms with Crippen LogP contribution in [-0.2, 0) is 17.8 Å². The van der Waals surface area contributed by atoms with Crippen molar-refractivity contribution in [3.05, 3.63) is 64.7 Å². The predicted molar refractivity (Wildman–Crippen MR) is 82.7 cm³/mol. The number of rotatable bonds is 5. The van der Waals surface area contributed by atoms with Gasteiger partial charge in [0, 0.05) is 0 Å². The van der Waals surface area contributed by atoms with Crippen molar-refractivity contribution >= 4 is 5.91 Å². The van der Waals surface area contributed by atoms with Gasteiger partial charge in [-0.25, -0.2) is 5.84 Å². The molecule has 0 saturated carbocycles. The van der Waals surface area contributed by atoms with Crippen molar-refractivity contribution in [1.82, 2.24) is 5.43 Å². The van der Waals surface area contributed by atoms with Crippen LogP contribution in [0.25, 0.3) is 0 Å². The van der Waals surface area contributed by atoms with E-state index in [1.165, 1.54) is 0 Å². The van der Waals surface area contributed by atoms with E-state index < -0.39 is 0 Å². The van der Waals surface area contributed by atoms with Crippen LogP contribution in [-0.4, -0.2) is 5.91 Å². The fraction of sp³-hybridized carbons (Fsp3) is 0.235. The summed E-state index contributed by atoms with van der Waals surface area (Å²) in [5, 5.41) is 0. The first-order valence-electron chi connectivity index (χ1n) is 6.86. The summed E-state index contributed by atoms with van der Waals surface area (Å²) in [7, 11) is 0. The van der Waals surface area contributed by atoms with E-state index in [2.05, 4.69) is 5.43 Å². The fourth-order valence-electron chi connectivity index (χ4n) is 2.17. The molecule has 4 nitrogen and oxygen atoms in total. The second-order valence-corrected chi connectivity index (χ2v) is 5.07. The highest BCUT2D eigenvalue weighted by Crippen LogP contribution is 2.23. The van der Waals surface area contributed by atoms with E-state index in [1.54, 1.807) is 0 Å². The molecule has 0 unspecified atom stereocenters. The highest BCUT2D eigenvalue weighted by Gasteiger charge is 2.04. The molecule has 1 amide bonds. The summed E-state index contributed by atoms with van der Waals surface area (Å²) in [5.74, 6) is 5.81. The molecule has 0 aliphatic rings. The number of para-hydroxylation sites is 1. The molecule has 21 heavy (non-hydrogen) atoms. The maximum absolute atomic E-state index is 11.2. The summed E-state index contributed by atoms with van der Waals surface area (Å²) in [5.41, 5.74) is 6.37. The quantitative estimate of drug-likeness (QED) is 0.503. The van der Waals surface area contributed by atoms with E-state index in [0.29, 0.717) is 6.61 Å². The van der Waals surface area contributed by atoms with Crippen LogP contribution in [0, 0.1) is 13.8 Å². The number of hydrazine groups is 1. The summed E-state index contributed by atoms with van der Waals surface area (Å²) in [4.78, 5) is 11.2. The molecule has 0 fully saturated rings. The predicted octanol–water partition coefficient (Wildman–Crippen LogP) is 2.41. The Morgan fingerprint density at radius 1 is 1.05 bits per heavy atom. The van der Waals surface area contributed by atoms with Crippen LogP contribution in [0.2, 0.25) is 0 Å². The van der Waals surface area contributed by atoms with E-state index in [4.69, 9.17) is 10.6 Å². The molecule has 2 rings (SSSR count). The number of amides is 1. The Balaban J connectivity index is 1.99. The monoisotopic (exact) mass is 284 g/mol. The molecule has 2 aromatic rings. The van der Waals surface area contributed by atoms with Crippen molar-refractivity contribution in [2.24, 2.45) is 5.84 Å². The molecule has 0 bridgehead atoms. The number of hydrogen-bond acceptors (Lipinski definition) is 3. The van der Waals surface area contributed by atoms with E-state index >= 15 is 0 Å². The number of hydrogen-bond donors (Lipinski definition) is 2. The maximum Gasteiger partial charge on any atom is 0.238 e. The van der Waals surface area contributed by atoms with E-state index in [-0.39, 0.29) is 12.3 Å². The first kappa shape index (κ1) is 15.1. The van der Waals surface area contributed by atoms with Gasteiger partial charge < -0.3 is 4.74 Å². The molecule has 0 radical (unpaired) electrons. The molecule has 0 spiro atoms. The molecule has 0 heterocycles. The van der Waals surface area contributed by atoms with Crippen molar-refractivity contribution in [2.45, 2.75) is 26.9 Å². The molecule has 3 N–H and O–H groups in total. The lowest BCUT2D eigenvalue weighted by molar-refractivity contribution is -0.120. The number of nitrogens with one attached hydrogen (secondary N) is 1. The van der Waals surface area contributed by atoms with Gasteiger partial charge >= 0.3 is 0 Å². The number of carbonyl (C=O) groups is 1. The molecule has 0 aliphatic carbocycles. The van der Waals surface area contributed by atoms with Crippen LogP contribution in [0.1, 0.15) is 22.3 Å². The van der Waals surface area contributed by atoms with Gasteiger partial charge in [0.15, 0.2) is 0 Å². The number of nitrogens with two attached hydrogens (primary N) is 1. The van der Waals surface area contributed by atoms with Gasteiger partial charge in [-0.3, -0.25) is 10.2 Å². The third-order valence-corrected chi connectivity index (χ3v) is 3.34. The Labute approximate surface area is 124 Å². The molecule has 0 aromatic heterocycles. The number of aryl methyl sites for hydroxylation is 2. The molecule has 0 saturated heterocycles. The highest BCUT2D eigenvalue weighted by molar-refractivity contribution is 5.77. The minimum absolute atomic E-state index is 0.200. The molecule has 2 aromatic carbocycles. The molecule has 0 aliphatic heterocycles. The smallest absolute Gasteiger partial charge is 0.238 e. The zero-order valence-corrected chi connectivity index (χ0v) is 12.3. The second kappa shape index (κ2) is 6.90. The minimum atomic E-state index is -0.200. The van der Waals surface area contributed by atoms with Crippen molar-refractivity contribution in [2.75, 3.05) is 0 Å². The van der Waals surface area contributed by atoms with Gasteiger partial charge in [-0.15, -0.1) is 0 Å². The van der Waals surface area contributed by atoms with Gasteiger partial charge in [-0.2, -0.15) is 0 Å². The average Bonchev–Trinajstić information content (AvgIpc) is 2.48. The Bertz CT molecular complexity index is 601. The molecular weight excluding hydrogens is 264 g/mol. The first-order chi connectivity index (χ1) is 10.1. The van der Waals surface area contributed by atoms with Gasteiger partial charge in [0.25, 0.3) is 0 Å². The van der Waals surface area contributed by atoms with Gasteiger partial charge in [0.2, 0.25) is 5.91 Å². The Morgan fingerprint density at radius 3 is 2.19 bits per heavy atom. The van der Waals surface area contributed by atoms with Crippen molar-refractivity contribution in [3.8, 4) is 5.75 Å². The normalized spacial score (nSPS) is 10.2. The van der Waals surface area contributed by atoms with Gasteiger partial charge in [-0.1, -0.05) is 42.5 Å². The molecule has 4 heteroatoms. The highest BCUT2D eigenvalue weighted by atomic mass is 16.5. The Hall–Kier alpha value is -2.33. The van der Waals surface area contributed by atoms with Crippen LogP contribution < -0.4 is 16.0 Å². The summed E-state index contributed by atoms with van der Waals surface area (Å²) >= 11 is 0. The largest absolute Gasteiger partial charge is 0.488 e. The third-order valence-electron chi connectivity index (χ3n) is 3.34. The summed E-state index contributed by atoms with van der Waals surface area (Å²) < 4.78 is 5.90. The van der Waals surface area contributed by atoms with Gasteiger partial charge in [0.1, 0.15) is 12.4 Å². The average molecular weight is 284 g/mol. The number of ether oxygens (including phenoxy) is 1. The van der Waals surface area contributed by atoms with Crippen LogP contribution >= 0.6 is 0 Å². The number of carbonyl (C=O) groups excluding carboxylic acids is 1. The molecule has 0 atom stereocenters. The zero-order valence-electron chi connectivity index (χ0n) is 12.3. The van der Waals surface area contributed by atoms with Crippen molar-refractivity contribution in [3.63, 3.8) is 0 Å². The number of benzene rings is 2. The van der Waals surface area contributed by atoms with Gasteiger partial charge in [-0.05, 0) is 36.1 Å². The van der Waals surface area contributed by atoms with Crippen LogP contribution in [0.4, 0.5) is 0 Å². The van der Waals surface area contributed by atoms with Crippen LogP contribution in [0.5, 0.6) is 5.75 Å².